The van der Waals surface area contributed by atoms with Crippen LogP contribution in [0.1, 0.15) is 30.0 Å². The molecule has 0 bridgehead atoms. The second-order valence-corrected chi connectivity index (χ2v) is 7.11. The SMILES string of the molecule is CCNC(=NCCc1ccncc1C)N1CCC(Cc2cnn(C)c2)C1. The minimum Gasteiger partial charge on any atom is -0.357 e. The molecule has 1 unspecified atom stereocenters. The van der Waals surface area contributed by atoms with Gasteiger partial charge in [0.1, 0.15) is 0 Å². The number of aryl methyl sites for hydroxylation is 2. The number of likely N-dealkylation sites (tertiary alicyclic amines) is 1. The normalized spacial score (nSPS) is 17.7. The summed E-state index contributed by atoms with van der Waals surface area (Å²) in [6.45, 7) is 8.08. The van der Waals surface area contributed by atoms with E-state index in [4.69, 9.17) is 4.99 Å². The van der Waals surface area contributed by atoms with Gasteiger partial charge in [0.15, 0.2) is 5.96 Å². The molecule has 2 aromatic rings. The molecule has 6 nitrogen and oxygen atoms in total. The lowest BCUT2D eigenvalue weighted by Crippen LogP contribution is -2.40. The molecule has 1 N–H and O–H groups in total. The molecule has 0 radical (unpaired) electrons. The molecule has 1 saturated heterocycles. The second kappa shape index (κ2) is 8.83. The summed E-state index contributed by atoms with van der Waals surface area (Å²) in [5, 5.41) is 7.74. The average Bonchev–Trinajstić information content (AvgIpc) is 3.25. The van der Waals surface area contributed by atoms with Crippen LogP contribution in [0.2, 0.25) is 0 Å². The van der Waals surface area contributed by atoms with Crippen molar-refractivity contribution in [3.63, 3.8) is 0 Å². The lowest BCUT2D eigenvalue weighted by molar-refractivity contribution is 0.460. The third kappa shape index (κ3) is 4.84. The Hall–Kier alpha value is -2.37. The van der Waals surface area contributed by atoms with Gasteiger partial charge in [0.2, 0.25) is 0 Å². The Kier molecular flexibility index (Phi) is 6.26. The van der Waals surface area contributed by atoms with Gasteiger partial charge in [0.05, 0.1) is 6.20 Å². The summed E-state index contributed by atoms with van der Waals surface area (Å²) in [5.74, 6) is 1.72. The largest absolute Gasteiger partial charge is 0.357 e. The van der Waals surface area contributed by atoms with Crippen molar-refractivity contribution in [2.24, 2.45) is 18.0 Å². The molecule has 3 heterocycles. The van der Waals surface area contributed by atoms with Gasteiger partial charge in [-0.2, -0.15) is 5.10 Å². The van der Waals surface area contributed by atoms with E-state index in [1.54, 1.807) is 0 Å². The minimum atomic E-state index is 0.672. The van der Waals surface area contributed by atoms with Crippen molar-refractivity contribution in [1.82, 2.24) is 25.0 Å². The van der Waals surface area contributed by atoms with Crippen LogP contribution in [0.4, 0.5) is 0 Å². The zero-order chi connectivity index (χ0) is 18.4. The smallest absolute Gasteiger partial charge is 0.193 e. The van der Waals surface area contributed by atoms with Crippen molar-refractivity contribution in [2.45, 2.75) is 33.1 Å². The van der Waals surface area contributed by atoms with Gasteiger partial charge in [-0.15, -0.1) is 0 Å². The molecule has 1 aliphatic heterocycles. The Morgan fingerprint density at radius 1 is 1.38 bits per heavy atom. The molecule has 0 saturated carbocycles. The van der Waals surface area contributed by atoms with Crippen LogP contribution in [0.3, 0.4) is 0 Å². The maximum atomic E-state index is 4.87. The Labute approximate surface area is 156 Å². The summed E-state index contributed by atoms with van der Waals surface area (Å²) in [4.78, 5) is 11.4. The lowest BCUT2D eigenvalue weighted by atomic mass is 10.0. The van der Waals surface area contributed by atoms with E-state index in [1.807, 2.05) is 30.3 Å². The topological polar surface area (TPSA) is 58.3 Å². The van der Waals surface area contributed by atoms with E-state index in [9.17, 15) is 0 Å². The van der Waals surface area contributed by atoms with E-state index >= 15 is 0 Å². The summed E-state index contributed by atoms with van der Waals surface area (Å²) < 4.78 is 1.88. The first kappa shape index (κ1) is 18.4. The number of rotatable bonds is 6. The van der Waals surface area contributed by atoms with E-state index in [-0.39, 0.29) is 0 Å². The fourth-order valence-corrected chi connectivity index (χ4v) is 3.59. The van der Waals surface area contributed by atoms with Crippen LogP contribution < -0.4 is 5.32 Å². The van der Waals surface area contributed by atoms with Gasteiger partial charge in [-0.1, -0.05) is 0 Å². The molecular weight excluding hydrogens is 324 g/mol. The number of hydrogen-bond donors (Lipinski definition) is 1. The summed E-state index contributed by atoms with van der Waals surface area (Å²) in [7, 11) is 1.98. The standard InChI is InChI=1S/C20H30N6/c1-4-22-20(23-9-6-19-5-8-21-12-16(19)2)26-10-7-17(15-26)11-18-13-24-25(3)14-18/h5,8,12-14,17H,4,6-7,9-11,15H2,1-3H3,(H,22,23). The molecule has 3 rings (SSSR count). The fourth-order valence-electron chi connectivity index (χ4n) is 3.59. The predicted molar refractivity (Wildman–Crippen MR) is 105 cm³/mol. The number of nitrogens with one attached hydrogen (secondary N) is 1. The van der Waals surface area contributed by atoms with Gasteiger partial charge in [-0.3, -0.25) is 14.7 Å². The second-order valence-electron chi connectivity index (χ2n) is 7.11. The summed E-state index contributed by atoms with van der Waals surface area (Å²) in [6.07, 6.45) is 11.2. The van der Waals surface area contributed by atoms with Crippen molar-refractivity contribution in [1.29, 1.82) is 0 Å². The lowest BCUT2D eigenvalue weighted by Gasteiger charge is -2.21. The molecule has 0 spiro atoms. The monoisotopic (exact) mass is 354 g/mol. The highest BCUT2D eigenvalue weighted by Crippen LogP contribution is 2.20. The molecule has 1 aliphatic rings. The first-order valence-electron chi connectivity index (χ1n) is 9.56. The third-order valence-corrected chi connectivity index (χ3v) is 4.98. The molecule has 140 valence electrons. The number of hydrogen-bond acceptors (Lipinski definition) is 3. The summed E-state index contributed by atoms with van der Waals surface area (Å²) in [5.41, 5.74) is 3.90. The zero-order valence-electron chi connectivity index (χ0n) is 16.1. The molecule has 0 aliphatic carbocycles. The number of guanidine groups is 1. The molecule has 1 fully saturated rings. The maximum absolute atomic E-state index is 4.87. The van der Waals surface area contributed by atoms with Crippen molar-refractivity contribution < 1.29 is 0 Å². The zero-order valence-corrected chi connectivity index (χ0v) is 16.1. The maximum Gasteiger partial charge on any atom is 0.193 e. The van der Waals surface area contributed by atoms with E-state index in [1.165, 1.54) is 23.1 Å². The van der Waals surface area contributed by atoms with E-state index in [0.717, 1.165) is 45.0 Å². The highest BCUT2D eigenvalue weighted by Gasteiger charge is 2.25. The summed E-state index contributed by atoms with van der Waals surface area (Å²) in [6, 6.07) is 2.09. The summed E-state index contributed by atoms with van der Waals surface area (Å²) >= 11 is 0. The molecule has 6 heteroatoms. The molecule has 0 aromatic carbocycles. The fraction of sp³-hybridized carbons (Fsp3) is 0.550. The van der Waals surface area contributed by atoms with Gasteiger partial charge in [-0.05, 0) is 61.8 Å². The number of pyridine rings is 1. The van der Waals surface area contributed by atoms with Gasteiger partial charge in [0, 0.05) is 51.8 Å². The van der Waals surface area contributed by atoms with Crippen molar-refractivity contribution in [3.8, 4) is 0 Å². The quantitative estimate of drug-likeness (QED) is 0.638. The van der Waals surface area contributed by atoms with E-state index in [2.05, 4.69) is 46.4 Å². The minimum absolute atomic E-state index is 0.672. The van der Waals surface area contributed by atoms with Crippen LogP contribution in [0.5, 0.6) is 0 Å². The molecule has 26 heavy (non-hydrogen) atoms. The number of aromatic nitrogens is 3. The van der Waals surface area contributed by atoms with Crippen molar-refractivity contribution in [2.75, 3.05) is 26.2 Å². The van der Waals surface area contributed by atoms with Crippen LogP contribution in [-0.4, -0.2) is 51.8 Å². The Morgan fingerprint density at radius 3 is 3.00 bits per heavy atom. The van der Waals surface area contributed by atoms with Gasteiger partial charge >= 0.3 is 0 Å². The van der Waals surface area contributed by atoms with Gasteiger partial charge < -0.3 is 10.2 Å². The Bertz CT molecular complexity index is 735. The Morgan fingerprint density at radius 2 is 2.27 bits per heavy atom. The van der Waals surface area contributed by atoms with Crippen LogP contribution in [0, 0.1) is 12.8 Å². The first-order chi connectivity index (χ1) is 12.7. The van der Waals surface area contributed by atoms with E-state index < -0.39 is 0 Å². The highest BCUT2D eigenvalue weighted by molar-refractivity contribution is 5.80. The third-order valence-electron chi connectivity index (χ3n) is 4.98. The molecule has 2 aromatic heterocycles. The van der Waals surface area contributed by atoms with Gasteiger partial charge in [-0.25, -0.2) is 0 Å². The van der Waals surface area contributed by atoms with Crippen molar-refractivity contribution in [3.05, 3.63) is 47.5 Å². The number of aliphatic imine (C=N–C) groups is 1. The average molecular weight is 355 g/mol. The van der Waals surface area contributed by atoms with E-state index in [0.29, 0.717) is 5.92 Å². The molecular formula is C20H30N6. The van der Waals surface area contributed by atoms with Gasteiger partial charge in [0.25, 0.3) is 0 Å². The molecule has 0 amide bonds. The first-order valence-corrected chi connectivity index (χ1v) is 9.56. The predicted octanol–water partition coefficient (Wildman–Crippen LogP) is 2.20. The van der Waals surface area contributed by atoms with Crippen molar-refractivity contribution >= 4 is 5.96 Å². The van der Waals surface area contributed by atoms with Crippen LogP contribution in [0.15, 0.2) is 35.8 Å². The van der Waals surface area contributed by atoms with Crippen LogP contribution in [-0.2, 0) is 19.9 Å². The van der Waals surface area contributed by atoms with Crippen LogP contribution in [0.25, 0.3) is 0 Å². The Balaban J connectivity index is 1.56. The van der Waals surface area contributed by atoms with Crippen LogP contribution >= 0.6 is 0 Å². The molecule has 1 atom stereocenters. The number of nitrogens with zero attached hydrogens (tertiary/aromatic N) is 5. The highest BCUT2D eigenvalue weighted by atomic mass is 15.3.